The van der Waals surface area contributed by atoms with Crippen molar-refractivity contribution < 1.29 is 0 Å². The smallest absolute Gasteiger partial charge is 0.0936 e. The molecule has 98 valence electrons. The molecule has 0 saturated heterocycles. The first-order valence-electron chi connectivity index (χ1n) is 7.04. The third-order valence-electron chi connectivity index (χ3n) is 3.98. The molecule has 0 bridgehead atoms. The van der Waals surface area contributed by atoms with E-state index in [0.29, 0.717) is 11.8 Å². The third-order valence-corrected chi connectivity index (χ3v) is 3.98. The van der Waals surface area contributed by atoms with Crippen LogP contribution in [0.1, 0.15) is 38.2 Å². The van der Waals surface area contributed by atoms with Crippen molar-refractivity contribution in [3.63, 3.8) is 0 Å². The summed E-state index contributed by atoms with van der Waals surface area (Å²) in [4.78, 5) is 0. The molecule has 0 amide bonds. The molecule has 1 aromatic rings. The summed E-state index contributed by atoms with van der Waals surface area (Å²) >= 11 is 0. The zero-order valence-corrected chi connectivity index (χ0v) is 11.7. The fraction of sp³-hybridized carbons (Fsp3) is 0.389. The molecule has 0 aromatic heterocycles. The number of hydrogen-bond donors (Lipinski definition) is 0. The summed E-state index contributed by atoms with van der Waals surface area (Å²) in [5.74, 6) is 0.877. The lowest BCUT2D eigenvalue weighted by atomic mass is 9.75. The minimum Gasteiger partial charge on any atom is -0.197 e. The van der Waals surface area contributed by atoms with Crippen LogP contribution < -0.4 is 0 Å². The molecule has 1 heteroatoms. The van der Waals surface area contributed by atoms with Gasteiger partial charge < -0.3 is 0 Å². The summed E-state index contributed by atoms with van der Waals surface area (Å²) in [6.45, 7) is 4.39. The van der Waals surface area contributed by atoms with Crippen molar-refractivity contribution >= 4 is 0 Å². The summed E-state index contributed by atoms with van der Waals surface area (Å²) in [5, 5.41) is 9.49. The van der Waals surface area contributed by atoms with Crippen LogP contribution in [0.3, 0.4) is 0 Å². The average Bonchev–Trinajstić information content (AvgIpc) is 2.48. The van der Waals surface area contributed by atoms with Gasteiger partial charge in [-0.05, 0) is 17.9 Å². The van der Waals surface area contributed by atoms with E-state index in [1.807, 2.05) is 6.07 Å². The molecular formula is C18H21N. The molecular weight excluding hydrogens is 230 g/mol. The van der Waals surface area contributed by atoms with Crippen molar-refractivity contribution in [3.8, 4) is 6.07 Å². The monoisotopic (exact) mass is 251 g/mol. The highest BCUT2D eigenvalue weighted by Gasteiger charge is 2.28. The second-order valence-electron chi connectivity index (χ2n) is 5.52. The largest absolute Gasteiger partial charge is 0.197 e. The van der Waals surface area contributed by atoms with E-state index in [4.69, 9.17) is 0 Å². The molecule has 0 fully saturated rings. The molecule has 0 radical (unpaired) electrons. The predicted octanol–water partition coefficient (Wildman–Crippen LogP) is 4.84. The van der Waals surface area contributed by atoms with Gasteiger partial charge in [-0.15, -0.1) is 0 Å². The van der Waals surface area contributed by atoms with Gasteiger partial charge in [0, 0.05) is 5.92 Å². The minimum absolute atomic E-state index is 0.305. The number of hydrogen-bond acceptors (Lipinski definition) is 1. The molecule has 1 aromatic carbocycles. The molecule has 1 atom stereocenters. The van der Waals surface area contributed by atoms with Crippen LogP contribution in [0, 0.1) is 22.7 Å². The second-order valence-corrected chi connectivity index (χ2v) is 5.52. The Morgan fingerprint density at radius 2 is 1.84 bits per heavy atom. The molecule has 1 aliphatic carbocycles. The fourth-order valence-corrected chi connectivity index (χ4v) is 2.55. The lowest BCUT2D eigenvalue weighted by molar-refractivity contribution is 0.417. The molecule has 1 unspecified atom stereocenters. The number of rotatable bonds is 4. The molecule has 0 heterocycles. The van der Waals surface area contributed by atoms with E-state index in [-0.39, 0.29) is 0 Å². The number of allylic oxidation sites excluding steroid dienone is 4. The van der Waals surface area contributed by atoms with Gasteiger partial charge in [0.15, 0.2) is 0 Å². The maximum Gasteiger partial charge on any atom is 0.0936 e. The van der Waals surface area contributed by atoms with E-state index < -0.39 is 5.41 Å². The average molecular weight is 251 g/mol. The Balaban J connectivity index is 2.15. The summed E-state index contributed by atoms with van der Waals surface area (Å²) in [7, 11) is 0. The Labute approximate surface area is 116 Å². The van der Waals surface area contributed by atoms with Gasteiger partial charge in [-0.25, -0.2) is 0 Å². The van der Waals surface area contributed by atoms with E-state index in [1.165, 1.54) is 5.56 Å². The summed E-state index contributed by atoms with van der Waals surface area (Å²) in [6, 6.07) is 12.9. The van der Waals surface area contributed by atoms with Crippen LogP contribution in [0.2, 0.25) is 0 Å². The first kappa shape index (κ1) is 13.6. The van der Waals surface area contributed by atoms with Gasteiger partial charge in [-0.2, -0.15) is 5.26 Å². The highest BCUT2D eigenvalue weighted by atomic mass is 14.4. The maximum absolute atomic E-state index is 9.49. The van der Waals surface area contributed by atoms with Crippen molar-refractivity contribution in [1.82, 2.24) is 0 Å². The van der Waals surface area contributed by atoms with Gasteiger partial charge in [0.1, 0.15) is 0 Å². The first-order chi connectivity index (χ1) is 9.19. The van der Waals surface area contributed by atoms with Crippen molar-refractivity contribution in [3.05, 3.63) is 60.2 Å². The van der Waals surface area contributed by atoms with Crippen molar-refractivity contribution in [2.45, 2.75) is 32.6 Å². The fourth-order valence-electron chi connectivity index (χ4n) is 2.55. The molecule has 1 nitrogen and oxygen atoms in total. The lowest BCUT2D eigenvalue weighted by Crippen LogP contribution is -2.19. The van der Waals surface area contributed by atoms with Gasteiger partial charge in [-0.1, -0.05) is 74.9 Å². The number of nitriles is 1. The molecule has 1 aliphatic rings. The van der Waals surface area contributed by atoms with Crippen LogP contribution >= 0.6 is 0 Å². The minimum atomic E-state index is -0.402. The molecule has 2 rings (SSSR count). The summed E-state index contributed by atoms with van der Waals surface area (Å²) < 4.78 is 0. The molecule has 0 aliphatic heterocycles. The highest BCUT2D eigenvalue weighted by molar-refractivity contribution is 5.37. The van der Waals surface area contributed by atoms with Gasteiger partial charge in [0.05, 0.1) is 11.5 Å². The zero-order chi connectivity index (χ0) is 13.7. The number of benzene rings is 1. The van der Waals surface area contributed by atoms with Crippen molar-refractivity contribution in [1.29, 1.82) is 5.26 Å². The van der Waals surface area contributed by atoms with Crippen LogP contribution in [-0.4, -0.2) is 0 Å². The topological polar surface area (TPSA) is 23.8 Å². The van der Waals surface area contributed by atoms with Crippen LogP contribution in [-0.2, 0) is 0 Å². The zero-order valence-electron chi connectivity index (χ0n) is 11.7. The SMILES string of the molecule is CCC(C)CC1(C#N)C=CC(c2ccccc2)C=C1. The lowest BCUT2D eigenvalue weighted by Gasteiger charge is -2.26. The second kappa shape index (κ2) is 5.89. The predicted molar refractivity (Wildman–Crippen MR) is 79.6 cm³/mol. The van der Waals surface area contributed by atoms with E-state index in [0.717, 1.165) is 12.8 Å². The molecule has 0 N–H and O–H groups in total. The number of nitrogens with zero attached hydrogens (tertiary/aromatic N) is 1. The Morgan fingerprint density at radius 3 is 2.37 bits per heavy atom. The van der Waals surface area contributed by atoms with Crippen molar-refractivity contribution in [2.24, 2.45) is 11.3 Å². The van der Waals surface area contributed by atoms with Crippen LogP contribution in [0.5, 0.6) is 0 Å². The molecule has 0 saturated carbocycles. The summed E-state index contributed by atoms with van der Waals surface area (Å²) in [6.07, 6.45) is 10.6. The maximum atomic E-state index is 9.49. The quantitative estimate of drug-likeness (QED) is 0.702. The Hall–Kier alpha value is -1.81. The van der Waals surface area contributed by atoms with Gasteiger partial charge >= 0.3 is 0 Å². The van der Waals surface area contributed by atoms with Gasteiger partial charge in [-0.3, -0.25) is 0 Å². The summed E-state index contributed by atoms with van der Waals surface area (Å²) in [5.41, 5.74) is 0.880. The third kappa shape index (κ3) is 3.15. The Kier molecular flexibility index (Phi) is 4.22. The van der Waals surface area contributed by atoms with Crippen LogP contribution in [0.4, 0.5) is 0 Å². The Morgan fingerprint density at radius 1 is 1.21 bits per heavy atom. The highest BCUT2D eigenvalue weighted by Crippen LogP contribution is 2.36. The van der Waals surface area contributed by atoms with E-state index >= 15 is 0 Å². The van der Waals surface area contributed by atoms with Crippen molar-refractivity contribution in [2.75, 3.05) is 0 Å². The van der Waals surface area contributed by atoms with Crippen LogP contribution in [0.15, 0.2) is 54.6 Å². The van der Waals surface area contributed by atoms with Gasteiger partial charge in [0.25, 0.3) is 0 Å². The normalized spacial score (nSPS) is 26.9. The van der Waals surface area contributed by atoms with Crippen LogP contribution in [0.25, 0.3) is 0 Å². The van der Waals surface area contributed by atoms with E-state index in [2.05, 4.69) is 68.5 Å². The Bertz CT molecular complexity index is 490. The van der Waals surface area contributed by atoms with E-state index in [1.54, 1.807) is 0 Å². The van der Waals surface area contributed by atoms with Gasteiger partial charge in [0.2, 0.25) is 0 Å². The molecule has 0 spiro atoms. The standard InChI is InChI=1S/C18H21N/c1-3-15(2)13-18(14-19)11-9-17(10-12-18)16-7-5-4-6-8-16/h4-12,15,17H,3,13H2,1-2H3. The van der Waals surface area contributed by atoms with E-state index in [9.17, 15) is 5.26 Å². The first-order valence-corrected chi connectivity index (χ1v) is 7.04. The molecule has 19 heavy (non-hydrogen) atoms.